The van der Waals surface area contributed by atoms with Crippen LogP contribution in [0.2, 0.25) is 0 Å². The zero-order chi connectivity index (χ0) is 17.7. The quantitative estimate of drug-likeness (QED) is 0.869. The summed E-state index contributed by atoms with van der Waals surface area (Å²) in [4.78, 5) is 16.3. The van der Waals surface area contributed by atoms with Crippen molar-refractivity contribution in [3.05, 3.63) is 54.4 Å². The second kappa shape index (κ2) is 7.44. The molecule has 128 valence electrons. The molecule has 2 aromatic rings. The van der Waals surface area contributed by atoms with E-state index in [1.54, 1.807) is 50.5 Å². The highest BCUT2D eigenvalue weighted by atomic mass is 32.2. The van der Waals surface area contributed by atoms with Gasteiger partial charge in [-0.1, -0.05) is 18.2 Å². The Morgan fingerprint density at radius 3 is 2.42 bits per heavy atom. The summed E-state index contributed by atoms with van der Waals surface area (Å²) < 4.78 is 24.8. The summed E-state index contributed by atoms with van der Waals surface area (Å²) in [6.45, 7) is 5.04. The van der Waals surface area contributed by atoms with Crippen LogP contribution < -0.4 is 10.6 Å². The van der Waals surface area contributed by atoms with Gasteiger partial charge in [0.2, 0.25) is 0 Å². The van der Waals surface area contributed by atoms with Crippen molar-refractivity contribution in [2.24, 2.45) is 0 Å². The van der Waals surface area contributed by atoms with Crippen LogP contribution >= 0.6 is 0 Å². The van der Waals surface area contributed by atoms with Crippen LogP contribution in [-0.4, -0.2) is 24.7 Å². The Morgan fingerprint density at radius 2 is 1.79 bits per heavy atom. The van der Waals surface area contributed by atoms with Gasteiger partial charge in [-0.25, -0.2) is 13.2 Å². The number of sulfone groups is 1. The number of benzene rings is 1. The monoisotopic (exact) mass is 347 g/mol. The number of amides is 2. The van der Waals surface area contributed by atoms with Crippen molar-refractivity contribution in [2.75, 3.05) is 5.32 Å². The topological polar surface area (TPSA) is 88.2 Å². The molecule has 0 fully saturated rings. The fourth-order valence-electron chi connectivity index (χ4n) is 2.14. The van der Waals surface area contributed by atoms with Crippen LogP contribution in [0.5, 0.6) is 0 Å². The average Bonchev–Trinajstić information content (AvgIpc) is 2.55. The van der Waals surface area contributed by atoms with Crippen LogP contribution in [0.3, 0.4) is 0 Å². The molecular weight excluding hydrogens is 326 g/mol. The number of carbonyl (C=O) groups excluding carboxylic acids is 1. The van der Waals surface area contributed by atoms with Crippen molar-refractivity contribution >= 4 is 21.6 Å². The maximum atomic E-state index is 12.4. The largest absolute Gasteiger partial charge is 0.331 e. The SMILES string of the molecule is CC(C)S(=O)(=O)c1ccccc1NC(=O)N[C@H](C)c1cccnc1. The highest BCUT2D eigenvalue weighted by Crippen LogP contribution is 2.24. The van der Waals surface area contributed by atoms with Crippen LogP contribution in [0.1, 0.15) is 32.4 Å². The van der Waals surface area contributed by atoms with Gasteiger partial charge in [-0.15, -0.1) is 0 Å². The number of nitrogens with one attached hydrogen (secondary N) is 2. The summed E-state index contributed by atoms with van der Waals surface area (Å²) in [5, 5.41) is 4.82. The maximum absolute atomic E-state index is 12.4. The fourth-order valence-corrected chi connectivity index (χ4v) is 3.34. The lowest BCUT2D eigenvalue weighted by Crippen LogP contribution is -2.32. The first-order chi connectivity index (χ1) is 11.3. The van der Waals surface area contributed by atoms with Gasteiger partial charge >= 0.3 is 6.03 Å². The minimum Gasteiger partial charge on any atom is -0.331 e. The average molecular weight is 347 g/mol. The molecule has 2 N–H and O–H groups in total. The molecule has 0 saturated carbocycles. The molecule has 6 nitrogen and oxygen atoms in total. The van der Waals surface area contributed by atoms with Crippen molar-refractivity contribution in [3.63, 3.8) is 0 Å². The Kier molecular flexibility index (Phi) is 5.56. The number of hydrogen-bond donors (Lipinski definition) is 2. The van der Waals surface area contributed by atoms with E-state index in [9.17, 15) is 13.2 Å². The lowest BCUT2D eigenvalue weighted by atomic mass is 10.1. The Bertz CT molecular complexity index is 805. The third-order valence-corrected chi connectivity index (χ3v) is 5.80. The van der Waals surface area contributed by atoms with E-state index >= 15 is 0 Å². The summed E-state index contributed by atoms with van der Waals surface area (Å²) in [6.07, 6.45) is 3.32. The van der Waals surface area contributed by atoms with E-state index in [1.165, 1.54) is 6.07 Å². The number of anilines is 1. The lowest BCUT2D eigenvalue weighted by molar-refractivity contribution is 0.249. The van der Waals surface area contributed by atoms with Crippen LogP contribution in [0.15, 0.2) is 53.7 Å². The first-order valence-corrected chi connectivity index (χ1v) is 9.17. The lowest BCUT2D eigenvalue weighted by Gasteiger charge is -2.17. The number of urea groups is 1. The van der Waals surface area contributed by atoms with E-state index in [4.69, 9.17) is 0 Å². The normalized spacial score (nSPS) is 12.7. The first kappa shape index (κ1) is 17.9. The predicted molar refractivity (Wildman–Crippen MR) is 93.6 cm³/mol. The van der Waals surface area contributed by atoms with E-state index in [0.29, 0.717) is 0 Å². The van der Waals surface area contributed by atoms with E-state index < -0.39 is 21.1 Å². The number of para-hydroxylation sites is 1. The zero-order valence-electron chi connectivity index (χ0n) is 13.9. The third-order valence-electron chi connectivity index (χ3n) is 3.59. The maximum Gasteiger partial charge on any atom is 0.319 e. The molecule has 0 bridgehead atoms. The van der Waals surface area contributed by atoms with Gasteiger partial charge in [-0.2, -0.15) is 0 Å². The van der Waals surface area contributed by atoms with E-state index in [-0.39, 0.29) is 16.6 Å². The summed E-state index contributed by atoms with van der Waals surface area (Å²) in [7, 11) is -3.49. The van der Waals surface area contributed by atoms with Crippen molar-refractivity contribution in [1.29, 1.82) is 0 Å². The number of rotatable bonds is 5. The zero-order valence-corrected chi connectivity index (χ0v) is 14.7. The van der Waals surface area contributed by atoms with Gasteiger partial charge in [0.05, 0.1) is 21.9 Å². The van der Waals surface area contributed by atoms with Crippen LogP contribution in [0.4, 0.5) is 10.5 Å². The Hall–Kier alpha value is -2.41. The minimum absolute atomic E-state index is 0.115. The molecule has 1 aromatic carbocycles. The van der Waals surface area contributed by atoms with Crippen molar-refractivity contribution in [1.82, 2.24) is 10.3 Å². The number of hydrogen-bond acceptors (Lipinski definition) is 4. The Balaban J connectivity index is 2.16. The van der Waals surface area contributed by atoms with Crippen molar-refractivity contribution in [3.8, 4) is 0 Å². The third kappa shape index (κ3) is 4.11. The summed E-state index contributed by atoms with van der Waals surface area (Å²) >= 11 is 0. The molecule has 1 atom stereocenters. The molecule has 0 aliphatic carbocycles. The number of carbonyl (C=O) groups is 1. The van der Waals surface area contributed by atoms with Gasteiger partial charge in [-0.3, -0.25) is 4.98 Å². The molecule has 0 aliphatic heterocycles. The number of aromatic nitrogens is 1. The summed E-state index contributed by atoms with van der Waals surface area (Å²) in [5.41, 5.74) is 1.12. The molecular formula is C17H21N3O3S. The molecule has 1 aromatic heterocycles. The molecule has 0 saturated heterocycles. The molecule has 0 aliphatic rings. The molecule has 0 radical (unpaired) electrons. The number of pyridine rings is 1. The molecule has 7 heteroatoms. The van der Waals surface area contributed by atoms with Gasteiger partial charge in [0.1, 0.15) is 0 Å². The minimum atomic E-state index is -3.49. The smallest absolute Gasteiger partial charge is 0.319 e. The summed E-state index contributed by atoms with van der Waals surface area (Å²) in [5.74, 6) is 0. The van der Waals surface area contributed by atoms with Gasteiger partial charge < -0.3 is 10.6 Å². The molecule has 1 heterocycles. The van der Waals surface area contributed by atoms with Gasteiger partial charge in [0, 0.05) is 12.4 Å². The second-order valence-electron chi connectivity index (χ2n) is 5.70. The van der Waals surface area contributed by atoms with Crippen LogP contribution in [0.25, 0.3) is 0 Å². The standard InChI is InChI=1S/C17H21N3O3S/c1-12(2)24(22,23)16-9-5-4-8-15(16)20-17(21)19-13(3)14-7-6-10-18-11-14/h4-13H,1-3H3,(H2,19,20,21)/t13-/m1/s1. The molecule has 0 unspecified atom stereocenters. The van der Waals surface area contributed by atoms with Gasteiger partial charge in [0.15, 0.2) is 9.84 Å². The number of nitrogens with zero attached hydrogens (tertiary/aromatic N) is 1. The summed E-state index contributed by atoms with van der Waals surface area (Å²) in [6, 6.07) is 9.30. The molecule has 2 rings (SSSR count). The molecule has 24 heavy (non-hydrogen) atoms. The Labute approximate surface area is 142 Å². The Morgan fingerprint density at radius 1 is 1.08 bits per heavy atom. The second-order valence-corrected chi connectivity index (χ2v) is 8.17. The van der Waals surface area contributed by atoms with Crippen LogP contribution in [0, 0.1) is 0 Å². The molecule has 2 amide bonds. The fraction of sp³-hybridized carbons (Fsp3) is 0.294. The van der Waals surface area contributed by atoms with Crippen LogP contribution in [-0.2, 0) is 9.84 Å². The van der Waals surface area contributed by atoms with Crippen molar-refractivity contribution in [2.45, 2.75) is 37.0 Å². The highest BCUT2D eigenvalue weighted by Gasteiger charge is 2.23. The van der Waals surface area contributed by atoms with Gasteiger partial charge in [0.25, 0.3) is 0 Å². The van der Waals surface area contributed by atoms with E-state index in [2.05, 4.69) is 15.6 Å². The van der Waals surface area contributed by atoms with Gasteiger partial charge in [-0.05, 0) is 44.5 Å². The van der Waals surface area contributed by atoms with Crippen molar-refractivity contribution < 1.29 is 13.2 Å². The first-order valence-electron chi connectivity index (χ1n) is 7.62. The highest BCUT2D eigenvalue weighted by molar-refractivity contribution is 7.92. The molecule has 0 spiro atoms. The van der Waals surface area contributed by atoms with E-state index in [1.807, 2.05) is 13.0 Å². The predicted octanol–water partition coefficient (Wildman–Crippen LogP) is 3.15. The van der Waals surface area contributed by atoms with E-state index in [0.717, 1.165) is 5.56 Å².